The molecule has 0 aliphatic heterocycles. The monoisotopic (exact) mass is 267 g/mol. The highest BCUT2D eigenvalue weighted by molar-refractivity contribution is 7.07. The zero-order chi connectivity index (χ0) is 12.1. The summed E-state index contributed by atoms with van der Waals surface area (Å²) < 4.78 is 5.80. The summed E-state index contributed by atoms with van der Waals surface area (Å²) in [6, 6.07) is 7.86. The quantitative estimate of drug-likeness (QED) is 0.892. The van der Waals surface area contributed by atoms with Crippen LogP contribution in [0.5, 0.6) is 5.75 Å². The number of hydrogen-bond acceptors (Lipinski definition) is 3. The van der Waals surface area contributed by atoms with Crippen molar-refractivity contribution >= 4 is 22.9 Å². The lowest BCUT2D eigenvalue weighted by molar-refractivity contribution is 0.303. The van der Waals surface area contributed by atoms with Crippen molar-refractivity contribution < 1.29 is 4.74 Å². The first-order valence-corrected chi connectivity index (χ1v) is 6.69. The van der Waals surface area contributed by atoms with Gasteiger partial charge in [0.25, 0.3) is 0 Å². The van der Waals surface area contributed by atoms with E-state index in [2.05, 4.69) is 16.8 Å². The SMILES string of the molecule is CNCc1cccc(Cl)c1OCc1ccsc1. The lowest BCUT2D eigenvalue weighted by atomic mass is 10.2. The molecule has 0 bridgehead atoms. The van der Waals surface area contributed by atoms with Gasteiger partial charge in [0, 0.05) is 12.1 Å². The van der Waals surface area contributed by atoms with Gasteiger partial charge in [-0.25, -0.2) is 0 Å². The van der Waals surface area contributed by atoms with E-state index in [1.165, 1.54) is 5.56 Å². The standard InChI is InChI=1S/C13H14ClNOS/c1-15-7-11-3-2-4-12(14)13(11)16-8-10-5-6-17-9-10/h2-6,9,15H,7-8H2,1H3. The van der Waals surface area contributed by atoms with Crippen LogP contribution in [0.1, 0.15) is 11.1 Å². The molecule has 1 aromatic carbocycles. The third kappa shape index (κ3) is 3.22. The van der Waals surface area contributed by atoms with Crippen molar-refractivity contribution in [2.75, 3.05) is 7.05 Å². The summed E-state index contributed by atoms with van der Waals surface area (Å²) in [6.45, 7) is 1.31. The summed E-state index contributed by atoms with van der Waals surface area (Å²) in [7, 11) is 1.91. The number of halogens is 1. The number of rotatable bonds is 5. The molecule has 0 amide bonds. The Balaban J connectivity index is 2.13. The van der Waals surface area contributed by atoms with Crippen LogP contribution >= 0.6 is 22.9 Å². The second-order valence-electron chi connectivity index (χ2n) is 3.68. The smallest absolute Gasteiger partial charge is 0.142 e. The van der Waals surface area contributed by atoms with E-state index < -0.39 is 0 Å². The van der Waals surface area contributed by atoms with Crippen LogP contribution in [-0.4, -0.2) is 7.05 Å². The topological polar surface area (TPSA) is 21.3 Å². The molecule has 0 spiro atoms. The highest BCUT2D eigenvalue weighted by atomic mass is 35.5. The molecular formula is C13H14ClNOS. The van der Waals surface area contributed by atoms with Crippen molar-refractivity contribution in [3.05, 3.63) is 51.2 Å². The van der Waals surface area contributed by atoms with Crippen molar-refractivity contribution in [3.8, 4) is 5.75 Å². The maximum absolute atomic E-state index is 6.16. The Bertz CT molecular complexity index is 470. The van der Waals surface area contributed by atoms with Crippen molar-refractivity contribution in [2.24, 2.45) is 0 Å². The molecule has 0 aliphatic carbocycles. The molecule has 0 fully saturated rings. The van der Waals surface area contributed by atoms with E-state index in [-0.39, 0.29) is 0 Å². The van der Waals surface area contributed by atoms with Gasteiger partial charge in [-0.1, -0.05) is 23.7 Å². The van der Waals surface area contributed by atoms with Gasteiger partial charge < -0.3 is 10.1 Å². The number of ether oxygens (including phenoxy) is 1. The summed E-state index contributed by atoms with van der Waals surface area (Å²) in [6.07, 6.45) is 0. The Morgan fingerprint density at radius 3 is 2.94 bits per heavy atom. The molecule has 0 radical (unpaired) electrons. The fourth-order valence-electron chi connectivity index (χ4n) is 1.58. The highest BCUT2D eigenvalue weighted by Gasteiger charge is 2.08. The molecule has 0 saturated carbocycles. The van der Waals surface area contributed by atoms with Crippen LogP contribution < -0.4 is 10.1 Å². The fraction of sp³-hybridized carbons (Fsp3) is 0.231. The van der Waals surface area contributed by atoms with Gasteiger partial charge in [-0.05, 0) is 35.5 Å². The minimum Gasteiger partial charge on any atom is -0.487 e. The van der Waals surface area contributed by atoms with Crippen LogP contribution in [0.3, 0.4) is 0 Å². The van der Waals surface area contributed by atoms with E-state index in [0.717, 1.165) is 17.9 Å². The van der Waals surface area contributed by atoms with E-state index in [1.54, 1.807) is 11.3 Å². The predicted octanol–water partition coefficient (Wildman–Crippen LogP) is 3.70. The van der Waals surface area contributed by atoms with Crippen LogP contribution in [-0.2, 0) is 13.2 Å². The maximum atomic E-state index is 6.16. The van der Waals surface area contributed by atoms with Crippen molar-refractivity contribution in [1.82, 2.24) is 5.32 Å². The first-order chi connectivity index (χ1) is 8.31. The lowest BCUT2D eigenvalue weighted by Crippen LogP contribution is -2.07. The van der Waals surface area contributed by atoms with Crippen molar-refractivity contribution in [1.29, 1.82) is 0 Å². The zero-order valence-corrected chi connectivity index (χ0v) is 11.1. The first kappa shape index (κ1) is 12.4. The second-order valence-corrected chi connectivity index (χ2v) is 4.87. The molecule has 1 heterocycles. The molecule has 2 nitrogen and oxygen atoms in total. The maximum Gasteiger partial charge on any atom is 0.142 e. The predicted molar refractivity (Wildman–Crippen MR) is 72.9 cm³/mol. The van der Waals surface area contributed by atoms with Crippen LogP contribution in [0, 0.1) is 0 Å². The minimum absolute atomic E-state index is 0.559. The van der Waals surface area contributed by atoms with Crippen LogP contribution in [0.4, 0.5) is 0 Å². The second kappa shape index (κ2) is 6.05. The van der Waals surface area contributed by atoms with Gasteiger partial charge >= 0.3 is 0 Å². The van der Waals surface area contributed by atoms with Gasteiger partial charge in [-0.2, -0.15) is 11.3 Å². The molecular weight excluding hydrogens is 254 g/mol. The Hall–Kier alpha value is -1.03. The van der Waals surface area contributed by atoms with Gasteiger partial charge in [-0.3, -0.25) is 0 Å². The lowest BCUT2D eigenvalue weighted by Gasteiger charge is -2.12. The number of benzene rings is 1. The largest absolute Gasteiger partial charge is 0.487 e. The molecule has 2 rings (SSSR count). The summed E-state index contributed by atoms with van der Waals surface area (Å²) in [5.41, 5.74) is 2.25. The van der Waals surface area contributed by atoms with Gasteiger partial charge in [0.2, 0.25) is 0 Å². The number of hydrogen-bond donors (Lipinski definition) is 1. The molecule has 1 N–H and O–H groups in total. The molecule has 4 heteroatoms. The minimum atomic E-state index is 0.559. The molecule has 17 heavy (non-hydrogen) atoms. The molecule has 0 atom stereocenters. The molecule has 90 valence electrons. The average Bonchev–Trinajstić information content (AvgIpc) is 2.82. The van der Waals surface area contributed by atoms with Crippen molar-refractivity contribution in [3.63, 3.8) is 0 Å². The summed E-state index contributed by atoms with van der Waals surface area (Å²) >= 11 is 7.82. The normalized spacial score (nSPS) is 10.5. The van der Waals surface area contributed by atoms with Crippen LogP contribution in [0.2, 0.25) is 5.02 Å². The zero-order valence-electron chi connectivity index (χ0n) is 9.57. The van der Waals surface area contributed by atoms with Gasteiger partial charge in [0.1, 0.15) is 12.4 Å². The molecule has 0 unspecified atom stereocenters. The summed E-state index contributed by atoms with van der Waals surface area (Å²) in [4.78, 5) is 0. The third-order valence-electron chi connectivity index (χ3n) is 2.38. The van der Waals surface area contributed by atoms with Gasteiger partial charge in [0.05, 0.1) is 5.02 Å². The number of nitrogens with one attached hydrogen (secondary N) is 1. The third-order valence-corrected chi connectivity index (χ3v) is 3.41. The van der Waals surface area contributed by atoms with Gasteiger partial charge in [-0.15, -0.1) is 0 Å². The molecule has 1 aromatic heterocycles. The molecule has 0 aliphatic rings. The number of para-hydroxylation sites is 1. The Morgan fingerprint density at radius 2 is 2.24 bits per heavy atom. The summed E-state index contributed by atoms with van der Waals surface area (Å²) in [5, 5.41) is 7.89. The highest BCUT2D eigenvalue weighted by Crippen LogP contribution is 2.29. The van der Waals surface area contributed by atoms with E-state index in [9.17, 15) is 0 Å². The summed E-state index contributed by atoms with van der Waals surface area (Å²) in [5.74, 6) is 0.773. The Morgan fingerprint density at radius 1 is 1.35 bits per heavy atom. The van der Waals surface area contributed by atoms with Gasteiger partial charge in [0.15, 0.2) is 0 Å². The van der Waals surface area contributed by atoms with E-state index in [4.69, 9.17) is 16.3 Å². The van der Waals surface area contributed by atoms with E-state index >= 15 is 0 Å². The Labute approximate surface area is 110 Å². The molecule has 0 saturated heterocycles. The van der Waals surface area contributed by atoms with E-state index in [0.29, 0.717) is 11.6 Å². The van der Waals surface area contributed by atoms with Crippen molar-refractivity contribution in [2.45, 2.75) is 13.2 Å². The number of thiophene rings is 1. The van der Waals surface area contributed by atoms with Crippen LogP contribution in [0.15, 0.2) is 35.0 Å². The first-order valence-electron chi connectivity index (χ1n) is 5.37. The molecule has 2 aromatic rings. The van der Waals surface area contributed by atoms with Crippen LogP contribution in [0.25, 0.3) is 0 Å². The fourth-order valence-corrected chi connectivity index (χ4v) is 2.48. The Kier molecular flexibility index (Phi) is 4.42. The van der Waals surface area contributed by atoms with E-state index in [1.807, 2.05) is 30.6 Å². The average molecular weight is 268 g/mol.